The molecular formula is CH2BNO3S. The molecule has 0 atom stereocenters. The van der Waals surface area contributed by atoms with Crippen molar-refractivity contribution in [2.45, 2.75) is 0 Å². The summed E-state index contributed by atoms with van der Waals surface area (Å²) in [5, 5.41) is 0. The lowest BCUT2D eigenvalue weighted by molar-refractivity contribution is -0.108. The van der Waals surface area contributed by atoms with Crippen LogP contribution in [0.25, 0.3) is 0 Å². The minimum absolute atomic E-state index is 0.00463. The summed E-state index contributed by atoms with van der Waals surface area (Å²) >= 11 is 0. The lowest BCUT2D eigenvalue weighted by atomic mass is 10.8. The highest BCUT2D eigenvalue weighted by Gasteiger charge is 1.92. The highest BCUT2D eigenvalue weighted by Crippen LogP contribution is 1.61. The minimum atomic E-state index is -3.79. The van der Waals surface area contributed by atoms with Crippen LogP contribution in [-0.4, -0.2) is 22.0 Å². The molecule has 0 aromatic carbocycles. The van der Waals surface area contributed by atoms with Crippen molar-refractivity contribution in [3.05, 3.63) is 0 Å². The number of hydrogen-bond donors (Lipinski definition) is 1. The fourth-order valence-electron chi connectivity index (χ4n) is 0.0671. The van der Waals surface area contributed by atoms with E-state index >= 15 is 0 Å². The zero-order valence-electron chi connectivity index (χ0n) is 3.29. The summed E-state index contributed by atoms with van der Waals surface area (Å²) in [5.41, 5.74) is 0. The summed E-state index contributed by atoms with van der Waals surface area (Å²) in [4.78, 5) is 9.25. The van der Waals surface area contributed by atoms with Crippen LogP contribution in [0.3, 0.4) is 0 Å². The van der Waals surface area contributed by atoms with Crippen LogP contribution in [0.5, 0.6) is 0 Å². The number of rotatable bonds is 2. The third-order valence-corrected chi connectivity index (χ3v) is 0.637. The number of nitrogens with one attached hydrogen (secondary N) is 1. The van der Waals surface area contributed by atoms with E-state index in [0.29, 0.717) is 0 Å². The second-order valence-electron chi connectivity index (χ2n) is 0.781. The third kappa shape index (κ3) is 5.48. The fraction of sp³-hybridized carbons (Fsp3) is 0. The van der Waals surface area contributed by atoms with Crippen molar-refractivity contribution in [1.29, 1.82) is 0 Å². The van der Waals surface area contributed by atoms with Gasteiger partial charge in [-0.25, -0.2) is 8.42 Å². The summed E-state index contributed by atoms with van der Waals surface area (Å²) in [5.74, 6) is 0. The molecule has 1 N–H and O–H groups in total. The molecule has 0 aliphatic carbocycles. The summed E-state index contributed by atoms with van der Waals surface area (Å²) in [6.45, 7) is 0. The maximum absolute atomic E-state index is 9.67. The van der Waals surface area contributed by atoms with Gasteiger partial charge in [-0.05, 0) is 0 Å². The molecule has 0 heterocycles. The van der Waals surface area contributed by atoms with Crippen molar-refractivity contribution in [1.82, 2.24) is 4.72 Å². The van der Waals surface area contributed by atoms with Crippen LogP contribution in [-0.2, 0) is 14.7 Å². The van der Waals surface area contributed by atoms with Gasteiger partial charge in [0.1, 0.15) is 0 Å². The van der Waals surface area contributed by atoms with Gasteiger partial charge >= 0.3 is 0 Å². The molecule has 0 aromatic rings. The Labute approximate surface area is 42.3 Å². The van der Waals surface area contributed by atoms with Crippen molar-refractivity contribution >= 4 is 23.4 Å². The highest BCUT2D eigenvalue weighted by molar-refractivity contribution is 8.11. The molecule has 0 aromatic heterocycles. The van der Waals surface area contributed by atoms with E-state index in [0.717, 1.165) is 0 Å². The normalized spacial score (nSPS) is 10.3. The predicted octanol–water partition coefficient (Wildman–Crippen LogP) is -1.85. The van der Waals surface area contributed by atoms with Gasteiger partial charge in [-0.2, -0.15) is 0 Å². The first-order valence-electron chi connectivity index (χ1n) is 1.30. The second kappa shape index (κ2) is 1.97. The van der Waals surface area contributed by atoms with Gasteiger partial charge in [0.15, 0.2) is 9.87 Å². The molecule has 38 valence electrons. The summed E-state index contributed by atoms with van der Waals surface area (Å²) in [6.07, 6.45) is -0.00463. The molecule has 0 fully saturated rings. The Balaban J connectivity index is 3.84. The number of carbonyl (C=O) groups is 1. The molecule has 0 aliphatic heterocycles. The maximum Gasteiger partial charge on any atom is 0.285 e. The van der Waals surface area contributed by atoms with Crippen LogP contribution in [0, 0.1) is 0 Å². The molecule has 7 heavy (non-hydrogen) atoms. The monoisotopic (exact) mass is 119 g/mol. The SMILES string of the molecule is [B]S(=O)(=O)NC=O. The lowest BCUT2D eigenvalue weighted by Gasteiger charge is -1.87. The van der Waals surface area contributed by atoms with E-state index in [1.165, 1.54) is 4.72 Å². The summed E-state index contributed by atoms with van der Waals surface area (Å²) < 4.78 is 20.7. The lowest BCUT2D eigenvalue weighted by Crippen LogP contribution is -2.20. The summed E-state index contributed by atoms with van der Waals surface area (Å²) in [6, 6.07) is 0. The highest BCUT2D eigenvalue weighted by atomic mass is 32.2. The zero-order valence-corrected chi connectivity index (χ0v) is 4.10. The van der Waals surface area contributed by atoms with Gasteiger partial charge in [0, 0.05) is 0 Å². The molecule has 4 nitrogen and oxygen atoms in total. The Kier molecular flexibility index (Phi) is 1.82. The quantitative estimate of drug-likeness (QED) is 0.342. The number of carbonyl (C=O) groups excluding carboxylic acids is 1. The van der Waals surface area contributed by atoms with E-state index in [1.807, 2.05) is 0 Å². The first-order chi connectivity index (χ1) is 3.06. The first-order valence-corrected chi connectivity index (χ1v) is 2.84. The Morgan fingerprint density at radius 1 is 1.57 bits per heavy atom. The van der Waals surface area contributed by atoms with Crippen LogP contribution in [0.4, 0.5) is 0 Å². The molecule has 0 unspecified atom stereocenters. The van der Waals surface area contributed by atoms with Crippen molar-refractivity contribution in [2.75, 3.05) is 0 Å². The fourth-order valence-corrected chi connectivity index (χ4v) is 0.201. The zero-order chi connectivity index (χ0) is 5.91. The van der Waals surface area contributed by atoms with E-state index in [9.17, 15) is 13.2 Å². The minimum Gasteiger partial charge on any atom is -0.278 e. The van der Waals surface area contributed by atoms with Crippen LogP contribution in [0.1, 0.15) is 0 Å². The molecule has 0 saturated carbocycles. The molecule has 0 rings (SSSR count). The van der Waals surface area contributed by atoms with E-state index in [4.69, 9.17) is 0 Å². The molecular weight excluding hydrogens is 117 g/mol. The molecule has 0 bridgehead atoms. The second-order valence-corrected chi connectivity index (χ2v) is 2.11. The van der Waals surface area contributed by atoms with Gasteiger partial charge < -0.3 is 0 Å². The third-order valence-electron chi connectivity index (χ3n) is 0.212. The maximum atomic E-state index is 9.67. The van der Waals surface area contributed by atoms with Gasteiger partial charge in [0.2, 0.25) is 6.41 Å². The molecule has 0 saturated heterocycles. The predicted molar refractivity (Wildman–Crippen MR) is 23.9 cm³/mol. The Morgan fingerprint density at radius 2 is 2.00 bits per heavy atom. The number of amides is 1. The van der Waals surface area contributed by atoms with Gasteiger partial charge in [0.05, 0.1) is 0 Å². The molecule has 1 amide bonds. The molecule has 6 heteroatoms. The van der Waals surface area contributed by atoms with Crippen molar-refractivity contribution in [3.63, 3.8) is 0 Å². The van der Waals surface area contributed by atoms with Crippen molar-refractivity contribution in [2.24, 2.45) is 0 Å². The average Bonchev–Trinajstić information content (AvgIpc) is 1.30. The first kappa shape index (κ1) is 6.48. The van der Waals surface area contributed by atoms with E-state index in [2.05, 4.69) is 7.12 Å². The van der Waals surface area contributed by atoms with Crippen molar-refractivity contribution in [3.8, 4) is 0 Å². The molecule has 0 aliphatic rings. The topological polar surface area (TPSA) is 63.2 Å². The van der Waals surface area contributed by atoms with Gasteiger partial charge in [-0.15, -0.1) is 0 Å². The standard InChI is InChI=1S/CH2BNO3S/c2-7(5,6)3-1-4/h1H,(H,3,4). The van der Waals surface area contributed by atoms with E-state index < -0.39 is 9.87 Å². The summed E-state index contributed by atoms with van der Waals surface area (Å²) in [7, 11) is 0.484. The Bertz CT molecular complexity index is 148. The van der Waals surface area contributed by atoms with Crippen molar-refractivity contribution < 1.29 is 13.2 Å². The van der Waals surface area contributed by atoms with Gasteiger partial charge in [-0.3, -0.25) is 9.52 Å². The Morgan fingerprint density at radius 3 is 2.00 bits per heavy atom. The largest absolute Gasteiger partial charge is 0.285 e. The van der Waals surface area contributed by atoms with Crippen LogP contribution >= 0.6 is 0 Å². The molecule has 0 spiro atoms. The smallest absolute Gasteiger partial charge is 0.278 e. The van der Waals surface area contributed by atoms with E-state index in [-0.39, 0.29) is 6.41 Å². The van der Waals surface area contributed by atoms with Gasteiger partial charge in [0.25, 0.3) is 7.12 Å². The van der Waals surface area contributed by atoms with Gasteiger partial charge in [-0.1, -0.05) is 0 Å². The average molecular weight is 119 g/mol. The van der Waals surface area contributed by atoms with E-state index in [1.54, 1.807) is 0 Å². The number of hydrogen-bond acceptors (Lipinski definition) is 3. The van der Waals surface area contributed by atoms with Crippen LogP contribution in [0.2, 0.25) is 0 Å². The Hall–Kier alpha value is -0.515. The van der Waals surface area contributed by atoms with Crippen LogP contribution < -0.4 is 4.72 Å². The van der Waals surface area contributed by atoms with Crippen LogP contribution in [0.15, 0.2) is 0 Å². The molecule has 2 radical (unpaired) electrons.